The molecule has 4 rings (SSSR count). The van der Waals surface area contributed by atoms with Gasteiger partial charge in [-0.3, -0.25) is 18.7 Å². The van der Waals surface area contributed by atoms with Crippen LogP contribution >= 0.6 is 0 Å². The second-order valence-corrected chi connectivity index (χ2v) is 5.69. The zero-order valence-electron chi connectivity index (χ0n) is 12.7. The third-order valence-corrected chi connectivity index (χ3v) is 4.14. The average molecular weight is 327 g/mol. The maximum Gasteiger partial charge on any atom is 0.263 e. The lowest BCUT2D eigenvalue weighted by atomic mass is 10.1. The van der Waals surface area contributed by atoms with Gasteiger partial charge in [0.1, 0.15) is 18.0 Å². The van der Waals surface area contributed by atoms with Crippen LogP contribution in [0.15, 0.2) is 41.6 Å². The Bertz CT molecular complexity index is 980. The van der Waals surface area contributed by atoms with Crippen molar-refractivity contribution in [3.8, 4) is 0 Å². The Kier molecular flexibility index (Phi) is 3.37. The van der Waals surface area contributed by atoms with Crippen LogP contribution in [0.25, 0.3) is 5.65 Å². The molecule has 24 heavy (non-hydrogen) atoms. The SMILES string of the molecule is O=C(Cn1cccn1)N1CCc2nc3ccc(F)cn3c(=O)c2C1. The van der Waals surface area contributed by atoms with E-state index in [0.29, 0.717) is 29.9 Å². The summed E-state index contributed by atoms with van der Waals surface area (Å²) in [7, 11) is 0. The van der Waals surface area contributed by atoms with E-state index in [4.69, 9.17) is 0 Å². The number of carbonyl (C=O) groups is 1. The quantitative estimate of drug-likeness (QED) is 0.691. The lowest BCUT2D eigenvalue weighted by molar-refractivity contribution is -0.133. The predicted octanol–water partition coefficient (Wildman–Crippen LogP) is 0.615. The number of aromatic nitrogens is 4. The van der Waals surface area contributed by atoms with Gasteiger partial charge >= 0.3 is 0 Å². The van der Waals surface area contributed by atoms with Gasteiger partial charge in [-0.15, -0.1) is 0 Å². The molecule has 7 nitrogen and oxygen atoms in total. The Balaban J connectivity index is 1.67. The number of pyridine rings is 1. The molecule has 0 bridgehead atoms. The number of hydrogen-bond donors (Lipinski definition) is 0. The van der Waals surface area contributed by atoms with Crippen molar-refractivity contribution in [3.05, 3.63) is 64.2 Å². The molecule has 1 aliphatic heterocycles. The largest absolute Gasteiger partial charge is 0.336 e. The third-order valence-electron chi connectivity index (χ3n) is 4.14. The summed E-state index contributed by atoms with van der Waals surface area (Å²) in [5.41, 5.74) is 1.20. The van der Waals surface area contributed by atoms with Gasteiger partial charge in [0.25, 0.3) is 5.56 Å². The summed E-state index contributed by atoms with van der Waals surface area (Å²) >= 11 is 0. The predicted molar refractivity (Wildman–Crippen MR) is 82.8 cm³/mol. The van der Waals surface area contributed by atoms with Crippen molar-refractivity contribution in [1.29, 1.82) is 0 Å². The summed E-state index contributed by atoms with van der Waals surface area (Å²) in [5.74, 6) is -0.623. The van der Waals surface area contributed by atoms with E-state index in [1.807, 2.05) is 0 Å². The van der Waals surface area contributed by atoms with Crippen molar-refractivity contribution in [2.45, 2.75) is 19.5 Å². The van der Waals surface area contributed by atoms with E-state index in [2.05, 4.69) is 10.1 Å². The highest BCUT2D eigenvalue weighted by atomic mass is 19.1. The van der Waals surface area contributed by atoms with Crippen molar-refractivity contribution in [1.82, 2.24) is 24.1 Å². The van der Waals surface area contributed by atoms with Crippen molar-refractivity contribution in [2.75, 3.05) is 6.54 Å². The Labute approximate surface area is 136 Å². The molecular formula is C16H14FN5O2. The molecule has 8 heteroatoms. The van der Waals surface area contributed by atoms with E-state index in [-0.39, 0.29) is 24.6 Å². The van der Waals surface area contributed by atoms with Crippen LogP contribution in [-0.2, 0) is 24.3 Å². The van der Waals surface area contributed by atoms with Crippen LogP contribution in [-0.4, -0.2) is 36.5 Å². The number of halogens is 1. The first-order valence-electron chi connectivity index (χ1n) is 7.57. The maximum atomic E-state index is 13.4. The smallest absolute Gasteiger partial charge is 0.263 e. The van der Waals surface area contributed by atoms with Crippen molar-refractivity contribution in [2.24, 2.45) is 0 Å². The molecular weight excluding hydrogens is 313 g/mol. The zero-order chi connectivity index (χ0) is 16.7. The Hall–Kier alpha value is -3.03. The van der Waals surface area contributed by atoms with Crippen molar-refractivity contribution >= 4 is 11.6 Å². The normalized spacial score (nSPS) is 14.0. The Morgan fingerprint density at radius 3 is 3.00 bits per heavy atom. The third kappa shape index (κ3) is 2.45. The summed E-state index contributed by atoms with van der Waals surface area (Å²) in [4.78, 5) is 31.0. The number of nitrogens with zero attached hydrogens (tertiary/aromatic N) is 5. The summed E-state index contributed by atoms with van der Waals surface area (Å²) in [5, 5.41) is 4.01. The number of amides is 1. The van der Waals surface area contributed by atoms with Crippen molar-refractivity contribution < 1.29 is 9.18 Å². The molecule has 0 saturated heterocycles. The van der Waals surface area contributed by atoms with Gasteiger partial charge in [-0.2, -0.15) is 5.10 Å². The van der Waals surface area contributed by atoms with Gasteiger partial charge in [0.15, 0.2) is 0 Å². The molecule has 4 heterocycles. The lowest BCUT2D eigenvalue weighted by Gasteiger charge is -2.28. The number of hydrogen-bond acceptors (Lipinski definition) is 4. The molecule has 0 atom stereocenters. The minimum Gasteiger partial charge on any atom is -0.336 e. The highest BCUT2D eigenvalue weighted by Gasteiger charge is 2.25. The zero-order valence-corrected chi connectivity index (χ0v) is 12.7. The summed E-state index contributed by atoms with van der Waals surface area (Å²) in [6.45, 7) is 0.803. The van der Waals surface area contributed by atoms with Crippen LogP contribution in [0.1, 0.15) is 11.3 Å². The molecule has 0 radical (unpaired) electrons. The fourth-order valence-electron chi connectivity index (χ4n) is 2.92. The average Bonchev–Trinajstić information content (AvgIpc) is 3.08. The molecule has 3 aromatic heterocycles. The number of carbonyl (C=O) groups excluding carboxylic acids is 1. The number of fused-ring (bicyclic) bond motifs is 2. The fraction of sp³-hybridized carbons (Fsp3) is 0.250. The topological polar surface area (TPSA) is 72.5 Å². The first kappa shape index (κ1) is 14.6. The molecule has 0 aromatic carbocycles. The lowest BCUT2D eigenvalue weighted by Crippen LogP contribution is -2.41. The molecule has 1 amide bonds. The summed E-state index contributed by atoms with van der Waals surface area (Å²) in [6.07, 6.45) is 4.94. The maximum absolute atomic E-state index is 13.4. The highest BCUT2D eigenvalue weighted by Crippen LogP contribution is 2.16. The molecule has 0 N–H and O–H groups in total. The van der Waals surface area contributed by atoms with E-state index in [1.165, 1.54) is 16.5 Å². The van der Waals surface area contributed by atoms with Gasteiger partial charge in [0.2, 0.25) is 5.91 Å². The Morgan fingerprint density at radius 2 is 2.21 bits per heavy atom. The number of rotatable bonds is 2. The van der Waals surface area contributed by atoms with Crippen LogP contribution in [0.4, 0.5) is 4.39 Å². The van der Waals surface area contributed by atoms with Gasteiger partial charge in [-0.25, -0.2) is 9.37 Å². The molecule has 0 saturated carbocycles. The summed E-state index contributed by atoms with van der Waals surface area (Å²) in [6, 6.07) is 4.50. The van der Waals surface area contributed by atoms with Gasteiger partial charge in [-0.1, -0.05) is 0 Å². The molecule has 122 valence electrons. The van der Waals surface area contributed by atoms with E-state index >= 15 is 0 Å². The summed E-state index contributed by atoms with van der Waals surface area (Å²) < 4.78 is 16.1. The minimum atomic E-state index is -0.506. The molecule has 0 fully saturated rings. The van der Waals surface area contributed by atoms with Gasteiger partial charge < -0.3 is 4.90 Å². The van der Waals surface area contributed by atoms with Crippen molar-refractivity contribution in [3.63, 3.8) is 0 Å². The standard InChI is InChI=1S/C16H14FN5O2/c17-11-2-3-14-19-13-4-7-20(9-12(13)16(24)22(14)8-11)15(23)10-21-6-1-5-18-21/h1-3,5-6,8H,4,7,9-10H2. The first-order chi connectivity index (χ1) is 11.6. The molecule has 0 aliphatic carbocycles. The van der Waals surface area contributed by atoms with Crippen LogP contribution in [0.5, 0.6) is 0 Å². The van der Waals surface area contributed by atoms with Crippen LogP contribution in [0.2, 0.25) is 0 Å². The second kappa shape index (κ2) is 5.55. The van der Waals surface area contributed by atoms with Gasteiger partial charge in [0, 0.05) is 31.6 Å². The van der Waals surface area contributed by atoms with E-state index in [9.17, 15) is 14.0 Å². The second-order valence-electron chi connectivity index (χ2n) is 5.69. The van der Waals surface area contributed by atoms with E-state index in [1.54, 1.807) is 28.0 Å². The Morgan fingerprint density at radius 1 is 1.33 bits per heavy atom. The van der Waals surface area contributed by atoms with Crippen LogP contribution in [0.3, 0.4) is 0 Å². The molecule has 1 aliphatic rings. The van der Waals surface area contributed by atoms with E-state index < -0.39 is 5.82 Å². The first-order valence-corrected chi connectivity index (χ1v) is 7.57. The molecule has 0 spiro atoms. The van der Waals surface area contributed by atoms with Gasteiger partial charge in [-0.05, 0) is 18.2 Å². The van der Waals surface area contributed by atoms with Crippen LogP contribution in [0, 0.1) is 5.82 Å². The molecule has 0 unspecified atom stereocenters. The molecule has 3 aromatic rings. The minimum absolute atomic E-state index is 0.118. The van der Waals surface area contributed by atoms with E-state index in [0.717, 1.165) is 6.20 Å². The van der Waals surface area contributed by atoms with Gasteiger partial charge in [0.05, 0.1) is 17.8 Å². The monoisotopic (exact) mass is 327 g/mol. The van der Waals surface area contributed by atoms with Crippen LogP contribution < -0.4 is 5.56 Å². The fourth-order valence-corrected chi connectivity index (χ4v) is 2.92. The highest BCUT2D eigenvalue weighted by molar-refractivity contribution is 5.76.